The molecule has 0 bridgehead atoms. The highest BCUT2D eigenvalue weighted by atomic mass is 16.3. The van der Waals surface area contributed by atoms with Gasteiger partial charge in [0.25, 0.3) is 5.91 Å². The van der Waals surface area contributed by atoms with E-state index in [1.54, 1.807) is 18.4 Å². The number of hydrogen-bond acceptors (Lipinski definition) is 4. The maximum absolute atomic E-state index is 13.1. The van der Waals surface area contributed by atoms with Crippen LogP contribution in [-0.2, 0) is 4.79 Å². The van der Waals surface area contributed by atoms with Crippen LogP contribution in [0.2, 0.25) is 0 Å². The molecule has 6 heteroatoms. The van der Waals surface area contributed by atoms with Gasteiger partial charge in [-0.1, -0.05) is 44.9 Å². The highest BCUT2D eigenvalue weighted by Gasteiger charge is 2.29. The van der Waals surface area contributed by atoms with Gasteiger partial charge in [-0.2, -0.15) is 0 Å². The number of nitrogens with one attached hydrogen (secondary N) is 2. The average Bonchev–Trinajstić information content (AvgIpc) is 3.32. The molecular weight excluding hydrogens is 378 g/mol. The number of likely N-dealkylation sites (tertiary alicyclic amines) is 1. The van der Waals surface area contributed by atoms with Crippen LogP contribution in [0, 0.1) is 5.92 Å². The molecule has 1 fully saturated rings. The number of hydrogen-bond donors (Lipinski definition) is 2. The molecule has 2 heterocycles. The predicted octanol–water partition coefficient (Wildman–Crippen LogP) is 3.77. The van der Waals surface area contributed by atoms with E-state index in [-0.39, 0.29) is 23.8 Å². The van der Waals surface area contributed by atoms with Crippen molar-refractivity contribution in [3.8, 4) is 0 Å². The molecule has 1 saturated heterocycles. The zero-order chi connectivity index (χ0) is 21.3. The largest absolute Gasteiger partial charge is 0.468 e. The molecule has 1 aromatic heterocycles. The molecule has 3 atom stereocenters. The van der Waals surface area contributed by atoms with E-state index in [2.05, 4.69) is 15.5 Å². The molecule has 1 aliphatic rings. The van der Waals surface area contributed by atoms with E-state index >= 15 is 0 Å². The van der Waals surface area contributed by atoms with Crippen LogP contribution < -0.4 is 10.6 Å². The van der Waals surface area contributed by atoms with E-state index < -0.39 is 6.04 Å². The second-order valence-electron chi connectivity index (χ2n) is 8.08. The first-order valence-corrected chi connectivity index (χ1v) is 11.0. The van der Waals surface area contributed by atoms with Crippen LogP contribution in [0.3, 0.4) is 0 Å². The Morgan fingerprint density at radius 3 is 2.43 bits per heavy atom. The van der Waals surface area contributed by atoms with Crippen molar-refractivity contribution in [1.29, 1.82) is 0 Å². The first kappa shape index (κ1) is 22.1. The summed E-state index contributed by atoms with van der Waals surface area (Å²) in [7, 11) is 0. The molecule has 3 rings (SSSR count). The fourth-order valence-corrected chi connectivity index (χ4v) is 3.94. The Labute approximate surface area is 179 Å². The summed E-state index contributed by atoms with van der Waals surface area (Å²) >= 11 is 0. The van der Waals surface area contributed by atoms with Gasteiger partial charge < -0.3 is 15.1 Å². The lowest BCUT2D eigenvalue weighted by Crippen LogP contribution is -2.52. The summed E-state index contributed by atoms with van der Waals surface area (Å²) in [4.78, 5) is 28.1. The first-order chi connectivity index (χ1) is 14.6. The third-order valence-electron chi connectivity index (χ3n) is 5.99. The van der Waals surface area contributed by atoms with E-state index in [0.29, 0.717) is 12.1 Å². The van der Waals surface area contributed by atoms with Crippen LogP contribution in [-0.4, -0.2) is 42.4 Å². The number of piperidine rings is 1. The fraction of sp³-hybridized carbons (Fsp3) is 0.500. The van der Waals surface area contributed by atoms with Crippen LogP contribution in [0.25, 0.3) is 0 Å². The summed E-state index contributed by atoms with van der Waals surface area (Å²) in [5, 5.41) is 6.02. The Morgan fingerprint density at radius 1 is 1.07 bits per heavy atom. The number of carbonyl (C=O) groups is 2. The number of amides is 2. The smallest absolute Gasteiger partial charge is 0.251 e. The van der Waals surface area contributed by atoms with E-state index in [4.69, 9.17) is 4.42 Å². The maximum atomic E-state index is 13.1. The maximum Gasteiger partial charge on any atom is 0.251 e. The van der Waals surface area contributed by atoms with Gasteiger partial charge in [-0.25, -0.2) is 0 Å². The van der Waals surface area contributed by atoms with Crippen LogP contribution >= 0.6 is 0 Å². The van der Waals surface area contributed by atoms with E-state index in [0.717, 1.165) is 38.1 Å². The van der Waals surface area contributed by atoms with Crippen LogP contribution in [0.1, 0.15) is 61.7 Å². The normalized spacial score (nSPS) is 17.7. The molecule has 3 unspecified atom stereocenters. The average molecular weight is 412 g/mol. The summed E-state index contributed by atoms with van der Waals surface area (Å²) in [6.45, 7) is 6.48. The van der Waals surface area contributed by atoms with Gasteiger partial charge in [-0.3, -0.25) is 14.5 Å². The number of furan rings is 1. The summed E-state index contributed by atoms with van der Waals surface area (Å²) in [5.74, 6) is 0.511. The van der Waals surface area contributed by atoms with Crippen LogP contribution in [0.4, 0.5) is 0 Å². The van der Waals surface area contributed by atoms with Crippen molar-refractivity contribution in [2.75, 3.05) is 19.6 Å². The Balaban J connectivity index is 1.67. The minimum Gasteiger partial charge on any atom is -0.468 e. The molecule has 0 radical (unpaired) electrons. The summed E-state index contributed by atoms with van der Waals surface area (Å²) in [6, 6.07) is 12.3. The third-order valence-corrected chi connectivity index (χ3v) is 5.99. The molecular formula is C24H33N3O3. The highest BCUT2D eigenvalue weighted by molar-refractivity contribution is 5.97. The van der Waals surface area contributed by atoms with Crippen LogP contribution in [0.5, 0.6) is 0 Å². The molecule has 0 aliphatic carbocycles. The standard InChI is InChI=1S/C24H33N3O3/c1-3-18(2)22(26-23(28)19-11-6-4-7-12-19)24(29)25-17-20(21-13-10-16-30-21)27-14-8-5-9-15-27/h4,6-7,10-13,16,18,20,22H,3,5,8-9,14-15,17H2,1-2H3,(H,25,29)(H,26,28). The van der Waals surface area contributed by atoms with E-state index in [9.17, 15) is 9.59 Å². The first-order valence-electron chi connectivity index (χ1n) is 11.0. The molecule has 162 valence electrons. The van der Waals surface area contributed by atoms with Crippen molar-refractivity contribution >= 4 is 11.8 Å². The lowest BCUT2D eigenvalue weighted by atomic mass is 9.97. The molecule has 2 aromatic rings. The minimum absolute atomic E-state index is 0.00616. The lowest BCUT2D eigenvalue weighted by Gasteiger charge is -2.34. The molecule has 2 amide bonds. The van der Waals surface area contributed by atoms with Gasteiger partial charge in [0.1, 0.15) is 11.8 Å². The highest BCUT2D eigenvalue weighted by Crippen LogP contribution is 2.24. The number of benzene rings is 1. The number of nitrogens with zero attached hydrogens (tertiary/aromatic N) is 1. The van der Waals surface area contributed by atoms with Crippen molar-refractivity contribution in [2.24, 2.45) is 5.92 Å². The van der Waals surface area contributed by atoms with E-state index in [1.165, 1.54) is 6.42 Å². The van der Waals surface area contributed by atoms with Crippen molar-refractivity contribution in [1.82, 2.24) is 15.5 Å². The van der Waals surface area contributed by atoms with Crippen molar-refractivity contribution in [3.05, 3.63) is 60.1 Å². The predicted molar refractivity (Wildman–Crippen MR) is 117 cm³/mol. The minimum atomic E-state index is -0.582. The second-order valence-corrected chi connectivity index (χ2v) is 8.08. The molecule has 1 aromatic carbocycles. The summed E-state index contributed by atoms with van der Waals surface area (Å²) < 4.78 is 5.67. The quantitative estimate of drug-likeness (QED) is 0.659. The third kappa shape index (κ3) is 5.72. The van der Waals surface area contributed by atoms with E-state index in [1.807, 2.05) is 44.2 Å². The molecule has 6 nitrogen and oxygen atoms in total. The van der Waals surface area contributed by atoms with Crippen molar-refractivity contribution < 1.29 is 14.0 Å². The van der Waals surface area contributed by atoms with Gasteiger partial charge in [0.05, 0.1) is 12.3 Å². The van der Waals surface area contributed by atoms with Gasteiger partial charge >= 0.3 is 0 Å². The zero-order valence-electron chi connectivity index (χ0n) is 18.0. The molecule has 2 N–H and O–H groups in total. The fourth-order valence-electron chi connectivity index (χ4n) is 3.94. The SMILES string of the molecule is CCC(C)C(NC(=O)c1ccccc1)C(=O)NCC(c1ccco1)N1CCCCC1. The Hall–Kier alpha value is -2.60. The Bertz CT molecular complexity index is 785. The molecule has 0 spiro atoms. The van der Waals surface area contributed by atoms with Gasteiger partial charge in [-0.15, -0.1) is 0 Å². The van der Waals surface area contributed by atoms with Crippen LogP contribution in [0.15, 0.2) is 53.1 Å². The summed E-state index contributed by atoms with van der Waals surface area (Å²) in [5.41, 5.74) is 0.556. The van der Waals surface area contributed by atoms with Crippen molar-refractivity contribution in [3.63, 3.8) is 0 Å². The molecule has 1 aliphatic heterocycles. The Morgan fingerprint density at radius 2 is 1.80 bits per heavy atom. The van der Waals surface area contributed by atoms with Gasteiger partial charge in [0.15, 0.2) is 0 Å². The monoisotopic (exact) mass is 411 g/mol. The van der Waals surface area contributed by atoms with Gasteiger partial charge in [0.2, 0.25) is 5.91 Å². The molecule has 0 saturated carbocycles. The van der Waals surface area contributed by atoms with Gasteiger partial charge in [-0.05, 0) is 56.1 Å². The molecule has 30 heavy (non-hydrogen) atoms. The topological polar surface area (TPSA) is 74.6 Å². The zero-order valence-corrected chi connectivity index (χ0v) is 18.0. The second kappa shape index (κ2) is 11.0. The Kier molecular flexibility index (Phi) is 8.08. The van der Waals surface area contributed by atoms with Gasteiger partial charge in [0, 0.05) is 12.1 Å². The summed E-state index contributed by atoms with van der Waals surface area (Å²) in [6.07, 6.45) is 6.04. The van der Waals surface area contributed by atoms with Crippen molar-refractivity contribution in [2.45, 2.75) is 51.6 Å². The number of rotatable bonds is 9. The number of carbonyl (C=O) groups excluding carboxylic acids is 2. The lowest BCUT2D eigenvalue weighted by molar-refractivity contribution is -0.124.